The van der Waals surface area contributed by atoms with E-state index >= 15 is 0 Å². The fourth-order valence-electron chi connectivity index (χ4n) is 1.85. The van der Waals surface area contributed by atoms with Crippen molar-refractivity contribution in [2.24, 2.45) is 5.92 Å². The number of nitrogens with one attached hydrogen (secondary N) is 1. The van der Waals surface area contributed by atoms with Gasteiger partial charge in [-0.15, -0.1) is 0 Å². The van der Waals surface area contributed by atoms with E-state index in [-0.39, 0.29) is 11.7 Å². The molecule has 0 aliphatic carbocycles. The van der Waals surface area contributed by atoms with Gasteiger partial charge in [0.1, 0.15) is 18.2 Å². The maximum atomic E-state index is 12.7. The van der Waals surface area contributed by atoms with Crippen molar-refractivity contribution in [3.05, 3.63) is 30.1 Å². The van der Waals surface area contributed by atoms with E-state index < -0.39 is 0 Å². The van der Waals surface area contributed by atoms with Gasteiger partial charge in [0.05, 0.1) is 6.54 Å². The largest absolute Gasteiger partial charge is 0.492 e. The summed E-state index contributed by atoms with van der Waals surface area (Å²) in [6.45, 7) is 2.82. The number of nitrogens with zero attached hydrogens (tertiary/aromatic N) is 1. The number of amides is 1. The highest BCUT2D eigenvalue weighted by Crippen LogP contribution is 2.12. The third-order valence-electron chi connectivity index (χ3n) is 3.26. The zero-order valence-electron chi connectivity index (χ0n) is 11.1. The first-order valence-electron chi connectivity index (χ1n) is 6.48. The van der Waals surface area contributed by atoms with E-state index in [0.717, 1.165) is 13.1 Å². The van der Waals surface area contributed by atoms with Crippen LogP contribution in [0.4, 0.5) is 4.39 Å². The molecule has 0 saturated carbocycles. The van der Waals surface area contributed by atoms with Crippen LogP contribution in [0.2, 0.25) is 0 Å². The molecule has 1 heterocycles. The number of carbonyl (C=O) groups is 1. The zero-order chi connectivity index (χ0) is 13.7. The minimum Gasteiger partial charge on any atom is -0.492 e. The number of likely N-dealkylation sites (N-methyl/N-ethyl adjacent to an activating group) is 1. The summed E-state index contributed by atoms with van der Waals surface area (Å²) in [6.07, 6.45) is 0.597. The fourth-order valence-corrected chi connectivity index (χ4v) is 1.85. The van der Waals surface area contributed by atoms with Crippen molar-refractivity contribution in [2.75, 3.05) is 33.3 Å². The number of hydrogen-bond acceptors (Lipinski definition) is 3. The number of ether oxygens (including phenoxy) is 1. The summed E-state index contributed by atoms with van der Waals surface area (Å²) in [5, 5.41) is 3.15. The molecule has 1 aliphatic rings. The number of hydrogen-bond donors (Lipinski definition) is 1. The summed E-state index contributed by atoms with van der Waals surface area (Å²) in [5.41, 5.74) is 0. The standard InChI is InChI=1S/C14H19FN2O2/c1-17(14(18)8-11-9-16-10-11)6-7-19-13-4-2-12(15)3-5-13/h2-5,11,16H,6-10H2,1H3. The number of halogens is 1. The molecule has 0 aromatic heterocycles. The van der Waals surface area contributed by atoms with Gasteiger partial charge in [-0.2, -0.15) is 0 Å². The minimum absolute atomic E-state index is 0.147. The SMILES string of the molecule is CN(CCOc1ccc(F)cc1)C(=O)CC1CNC1. The van der Waals surface area contributed by atoms with Crippen LogP contribution in [0.15, 0.2) is 24.3 Å². The molecule has 0 spiro atoms. The second kappa shape index (κ2) is 6.52. The topological polar surface area (TPSA) is 41.6 Å². The predicted molar refractivity (Wildman–Crippen MR) is 70.5 cm³/mol. The molecule has 0 radical (unpaired) electrons. The molecule has 4 nitrogen and oxygen atoms in total. The second-order valence-electron chi connectivity index (χ2n) is 4.85. The van der Waals surface area contributed by atoms with Crippen molar-refractivity contribution in [1.82, 2.24) is 10.2 Å². The lowest BCUT2D eigenvalue weighted by Gasteiger charge is -2.28. The highest BCUT2D eigenvalue weighted by molar-refractivity contribution is 5.76. The van der Waals surface area contributed by atoms with E-state index in [1.165, 1.54) is 12.1 Å². The van der Waals surface area contributed by atoms with Crippen LogP contribution in [0.3, 0.4) is 0 Å². The van der Waals surface area contributed by atoms with Crippen molar-refractivity contribution in [1.29, 1.82) is 0 Å². The summed E-state index contributed by atoms with van der Waals surface area (Å²) in [5.74, 6) is 0.960. The Hall–Kier alpha value is -1.62. The Morgan fingerprint density at radius 3 is 2.68 bits per heavy atom. The first kappa shape index (κ1) is 13.8. The van der Waals surface area contributed by atoms with Gasteiger partial charge >= 0.3 is 0 Å². The van der Waals surface area contributed by atoms with Crippen LogP contribution in [0, 0.1) is 11.7 Å². The monoisotopic (exact) mass is 266 g/mol. The average Bonchev–Trinajstić information content (AvgIpc) is 2.36. The van der Waals surface area contributed by atoms with Gasteiger partial charge in [-0.05, 0) is 43.3 Å². The predicted octanol–water partition coefficient (Wildman–Crippen LogP) is 1.27. The van der Waals surface area contributed by atoms with Gasteiger partial charge in [0.15, 0.2) is 0 Å². The van der Waals surface area contributed by atoms with Crippen molar-refractivity contribution in [3.63, 3.8) is 0 Å². The molecule has 104 valence electrons. The van der Waals surface area contributed by atoms with Gasteiger partial charge in [0, 0.05) is 13.5 Å². The first-order valence-corrected chi connectivity index (χ1v) is 6.48. The van der Waals surface area contributed by atoms with Crippen LogP contribution >= 0.6 is 0 Å². The van der Waals surface area contributed by atoms with E-state index in [9.17, 15) is 9.18 Å². The Morgan fingerprint density at radius 2 is 2.11 bits per heavy atom. The Morgan fingerprint density at radius 1 is 1.42 bits per heavy atom. The molecule has 1 fully saturated rings. The average molecular weight is 266 g/mol. The Labute approximate surface area is 112 Å². The smallest absolute Gasteiger partial charge is 0.222 e. The van der Waals surface area contributed by atoms with Gasteiger partial charge in [0.2, 0.25) is 5.91 Å². The summed E-state index contributed by atoms with van der Waals surface area (Å²) in [6, 6.07) is 5.87. The number of carbonyl (C=O) groups excluding carboxylic acids is 1. The molecule has 1 aromatic rings. The van der Waals surface area contributed by atoms with Gasteiger partial charge in [-0.1, -0.05) is 0 Å². The van der Waals surface area contributed by atoms with E-state index in [1.54, 1.807) is 24.1 Å². The van der Waals surface area contributed by atoms with Crippen LogP contribution in [0.1, 0.15) is 6.42 Å². The summed E-state index contributed by atoms with van der Waals surface area (Å²) < 4.78 is 18.1. The molecule has 0 atom stereocenters. The maximum absolute atomic E-state index is 12.7. The first-order chi connectivity index (χ1) is 9.15. The fraction of sp³-hybridized carbons (Fsp3) is 0.500. The van der Waals surface area contributed by atoms with E-state index in [1.807, 2.05) is 0 Å². The third-order valence-corrected chi connectivity index (χ3v) is 3.26. The minimum atomic E-state index is -0.284. The lowest BCUT2D eigenvalue weighted by Crippen LogP contribution is -2.45. The highest BCUT2D eigenvalue weighted by atomic mass is 19.1. The Balaban J connectivity index is 1.66. The van der Waals surface area contributed by atoms with E-state index in [4.69, 9.17) is 4.74 Å². The molecule has 0 unspecified atom stereocenters. The quantitative estimate of drug-likeness (QED) is 0.843. The molecule has 1 saturated heterocycles. The van der Waals surface area contributed by atoms with Gasteiger partial charge in [-0.3, -0.25) is 4.79 Å². The lowest BCUT2D eigenvalue weighted by atomic mass is 9.99. The lowest BCUT2D eigenvalue weighted by molar-refractivity contribution is -0.131. The molecular formula is C14H19FN2O2. The number of rotatable bonds is 6. The molecule has 1 aliphatic heterocycles. The van der Waals surface area contributed by atoms with Crippen LogP contribution in [0.25, 0.3) is 0 Å². The molecule has 5 heteroatoms. The van der Waals surface area contributed by atoms with Crippen LogP contribution in [-0.4, -0.2) is 44.1 Å². The molecule has 1 amide bonds. The molecule has 1 N–H and O–H groups in total. The van der Waals surface area contributed by atoms with Gasteiger partial charge in [-0.25, -0.2) is 4.39 Å². The van der Waals surface area contributed by atoms with Gasteiger partial charge < -0.3 is 15.0 Å². The summed E-state index contributed by atoms with van der Waals surface area (Å²) in [4.78, 5) is 13.5. The maximum Gasteiger partial charge on any atom is 0.222 e. The summed E-state index contributed by atoms with van der Waals surface area (Å²) in [7, 11) is 1.78. The summed E-state index contributed by atoms with van der Waals surface area (Å²) >= 11 is 0. The van der Waals surface area contributed by atoms with Crippen molar-refractivity contribution >= 4 is 5.91 Å². The zero-order valence-corrected chi connectivity index (χ0v) is 11.1. The number of benzene rings is 1. The van der Waals surface area contributed by atoms with E-state index in [2.05, 4.69) is 5.32 Å². The van der Waals surface area contributed by atoms with Crippen molar-refractivity contribution in [2.45, 2.75) is 6.42 Å². The van der Waals surface area contributed by atoms with Crippen LogP contribution in [-0.2, 0) is 4.79 Å². The molecule has 0 bridgehead atoms. The van der Waals surface area contributed by atoms with Gasteiger partial charge in [0.25, 0.3) is 0 Å². The normalized spacial score (nSPS) is 14.8. The molecule has 2 rings (SSSR count). The highest BCUT2D eigenvalue weighted by Gasteiger charge is 2.21. The van der Waals surface area contributed by atoms with Crippen LogP contribution < -0.4 is 10.1 Å². The second-order valence-corrected chi connectivity index (χ2v) is 4.85. The third kappa shape index (κ3) is 4.21. The molecular weight excluding hydrogens is 247 g/mol. The van der Waals surface area contributed by atoms with Crippen LogP contribution in [0.5, 0.6) is 5.75 Å². The Bertz CT molecular complexity index is 418. The van der Waals surface area contributed by atoms with Crippen molar-refractivity contribution in [3.8, 4) is 5.75 Å². The Kier molecular flexibility index (Phi) is 4.74. The molecule has 19 heavy (non-hydrogen) atoms. The van der Waals surface area contributed by atoms with Crippen molar-refractivity contribution < 1.29 is 13.9 Å². The van der Waals surface area contributed by atoms with E-state index in [0.29, 0.717) is 31.2 Å². The molecule has 1 aromatic carbocycles.